The molecule has 0 spiro atoms. The highest BCUT2D eigenvalue weighted by Gasteiger charge is 2.38. The standard InChI is InChI=1S/C22H26FN3O3S/c1-16-6-7-18(14-24-16)25-10-11-26(21(15-25)19-4-2-3-5-20(19)23)22(27)17-8-12-30(28,29)13-9-17/h2-7,14,17,21H,8-13,15H2,1H3. The molecule has 1 amide bonds. The third kappa shape index (κ3) is 4.33. The maximum atomic E-state index is 14.7. The van der Waals surface area contributed by atoms with Crippen LogP contribution in [0.3, 0.4) is 0 Å². The van der Waals surface area contributed by atoms with Crippen LogP contribution in [0.25, 0.3) is 0 Å². The van der Waals surface area contributed by atoms with Gasteiger partial charge in [-0.1, -0.05) is 18.2 Å². The summed E-state index contributed by atoms with van der Waals surface area (Å²) in [5.41, 5.74) is 2.35. The van der Waals surface area contributed by atoms with Gasteiger partial charge in [0.05, 0.1) is 29.4 Å². The quantitative estimate of drug-likeness (QED) is 0.747. The van der Waals surface area contributed by atoms with Crippen molar-refractivity contribution < 1.29 is 17.6 Å². The molecule has 160 valence electrons. The molecular formula is C22H26FN3O3S. The molecule has 0 aliphatic carbocycles. The fraction of sp³-hybridized carbons (Fsp3) is 0.455. The van der Waals surface area contributed by atoms with E-state index in [0.717, 1.165) is 11.4 Å². The highest BCUT2D eigenvalue weighted by atomic mass is 32.2. The Morgan fingerprint density at radius 1 is 1.10 bits per heavy atom. The van der Waals surface area contributed by atoms with Crippen molar-refractivity contribution in [3.8, 4) is 0 Å². The Morgan fingerprint density at radius 3 is 2.50 bits per heavy atom. The summed E-state index contributed by atoms with van der Waals surface area (Å²) in [6.07, 6.45) is 2.48. The van der Waals surface area contributed by atoms with Crippen LogP contribution in [0.4, 0.5) is 10.1 Å². The Morgan fingerprint density at radius 2 is 1.83 bits per heavy atom. The smallest absolute Gasteiger partial charge is 0.226 e. The van der Waals surface area contributed by atoms with Crippen molar-refractivity contribution in [1.82, 2.24) is 9.88 Å². The molecule has 0 bridgehead atoms. The Labute approximate surface area is 176 Å². The lowest BCUT2D eigenvalue weighted by Crippen LogP contribution is -2.53. The molecule has 2 aromatic rings. The molecule has 2 fully saturated rings. The number of hydrogen-bond donors (Lipinski definition) is 0. The minimum atomic E-state index is -3.05. The number of nitrogens with zero attached hydrogens (tertiary/aromatic N) is 3. The Bertz CT molecular complexity index is 1010. The first-order valence-corrected chi connectivity index (χ1v) is 12.1. The minimum absolute atomic E-state index is 0.0444. The van der Waals surface area contributed by atoms with Gasteiger partial charge < -0.3 is 9.80 Å². The summed E-state index contributed by atoms with van der Waals surface area (Å²) in [5, 5.41) is 0. The molecule has 1 unspecified atom stereocenters. The summed E-state index contributed by atoms with van der Waals surface area (Å²) >= 11 is 0. The van der Waals surface area contributed by atoms with Gasteiger partial charge in [-0.2, -0.15) is 0 Å². The molecule has 3 heterocycles. The highest BCUT2D eigenvalue weighted by molar-refractivity contribution is 7.91. The Hall–Kier alpha value is -2.48. The Balaban J connectivity index is 1.60. The molecule has 0 saturated carbocycles. The molecule has 0 N–H and O–H groups in total. The predicted molar refractivity (Wildman–Crippen MR) is 113 cm³/mol. The van der Waals surface area contributed by atoms with E-state index in [1.54, 1.807) is 29.3 Å². The van der Waals surface area contributed by atoms with E-state index in [1.165, 1.54) is 6.07 Å². The van der Waals surface area contributed by atoms with Gasteiger partial charge in [0.15, 0.2) is 0 Å². The number of amides is 1. The first kappa shape index (κ1) is 20.8. The number of carbonyl (C=O) groups is 1. The van der Waals surface area contributed by atoms with E-state index in [1.807, 2.05) is 19.1 Å². The van der Waals surface area contributed by atoms with Gasteiger partial charge in [-0.05, 0) is 38.0 Å². The molecule has 2 saturated heterocycles. The van der Waals surface area contributed by atoms with Gasteiger partial charge in [-0.25, -0.2) is 12.8 Å². The van der Waals surface area contributed by atoms with Crippen LogP contribution in [-0.2, 0) is 14.6 Å². The van der Waals surface area contributed by atoms with Crippen LogP contribution in [0.2, 0.25) is 0 Å². The van der Waals surface area contributed by atoms with Gasteiger partial charge in [-0.3, -0.25) is 9.78 Å². The van der Waals surface area contributed by atoms with Crippen molar-refractivity contribution in [2.24, 2.45) is 5.92 Å². The number of carbonyl (C=O) groups excluding carboxylic acids is 1. The molecule has 1 aromatic heterocycles. The average Bonchev–Trinajstić information content (AvgIpc) is 2.74. The highest BCUT2D eigenvalue weighted by Crippen LogP contribution is 2.33. The van der Waals surface area contributed by atoms with Crippen LogP contribution in [0.1, 0.15) is 30.1 Å². The van der Waals surface area contributed by atoms with Gasteiger partial charge >= 0.3 is 0 Å². The van der Waals surface area contributed by atoms with Crippen molar-refractivity contribution in [2.45, 2.75) is 25.8 Å². The largest absolute Gasteiger partial charge is 0.366 e. The van der Waals surface area contributed by atoms with E-state index >= 15 is 0 Å². The number of halogens is 1. The Kier molecular flexibility index (Phi) is 5.77. The zero-order valence-corrected chi connectivity index (χ0v) is 17.8. The first-order chi connectivity index (χ1) is 14.3. The number of hydrogen-bond acceptors (Lipinski definition) is 5. The number of anilines is 1. The fourth-order valence-electron chi connectivity index (χ4n) is 4.31. The van der Waals surface area contributed by atoms with E-state index in [4.69, 9.17) is 0 Å². The average molecular weight is 432 g/mol. The predicted octanol–water partition coefficient (Wildman–Crippen LogP) is 2.74. The number of aromatic nitrogens is 1. The van der Waals surface area contributed by atoms with Crippen LogP contribution in [0.5, 0.6) is 0 Å². The van der Waals surface area contributed by atoms with E-state index in [2.05, 4.69) is 9.88 Å². The molecule has 1 atom stereocenters. The van der Waals surface area contributed by atoms with Gasteiger partial charge in [0.25, 0.3) is 0 Å². The number of pyridine rings is 1. The van der Waals surface area contributed by atoms with Gasteiger partial charge in [-0.15, -0.1) is 0 Å². The number of rotatable bonds is 3. The van der Waals surface area contributed by atoms with Crippen LogP contribution < -0.4 is 4.90 Å². The molecule has 6 nitrogen and oxygen atoms in total. The maximum absolute atomic E-state index is 14.7. The van der Waals surface area contributed by atoms with Gasteiger partial charge in [0, 0.05) is 36.8 Å². The third-order valence-corrected chi connectivity index (χ3v) is 7.81. The molecule has 1 aromatic carbocycles. The molecule has 4 rings (SSSR count). The van der Waals surface area contributed by atoms with Crippen LogP contribution >= 0.6 is 0 Å². The minimum Gasteiger partial charge on any atom is -0.366 e. The zero-order chi connectivity index (χ0) is 21.3. The molecule has 2 aliphatic rings. The SMILES string of the molecule is Cc1ccc(N2CCN(C(=O)C3CCS(=O)(=O)CC3)C(c3ccccc3F)C2)cn1. The number of aryl methyl sites for hydroxylation is 1. The van der Waals surface area contributed by atoms with E-state index in [-0.39, 0.29) is 29.1 Å². The zero-order valence-electron chi connectivity index (χ0n) is 17.0. The molecule has 30 heavy (non-hydrogen) atoms. The normalized spacial score (nSPS) is 22.1. The van der Waals surface area contributed by atoms with E-state index < -0.39 is 15.9 Å². The van der Waals surface area contributed by atoms with Crippen molar-refractivity contribution in [2.75, 3.05) is 36.0 Å². The van der Waals surface area contributed by atoms with Crippen molar-refractivity contribution >= 4 is 21.4 Å². The summed E-state index contributed by atoms with van der Waals surface area (Å²) in [4.78, 5) is 21.6. The van der Waals surface area contributed by atoms with Crippen LogP contribution in [0, 0.1) is 18.7 Å². The van der Waals surface area contributed by atoms with Crippen LogP contribution in [-0.4, -0.2) is 55.3 Å². The van der Waals surface area contributed by atoms with E-state index in [9.17, 15) is 17.6 Å². The fourth-order valence-corrected chi connectivity index (χ4v) is 5.80. The number of benzene rings is 1. The first-order valence-electron chi connectivity index (χ1n) is 10.3. The number of sulfone groups is 1. The third-order valence-electron chi connectivity index (χ3n) is 6.09. The molecular weight excluding hydrogens is 405 g/mol. The molecule has 2 aliphatic heterocycles. The lowest BCUT2D eigenvalue weighted by atomic mass is 9.96. The van der Waals surface area contributed by atoms with E-state index in [0.29, 0.717) is 38.0 Å². The lowest BCUT2D eigenvalue weighted by molar-refractivity contribution is -0.138. The summed E-state index contributed by atoms with van der Waals surface area (Å²) in [5.74, 6) is -0.642. The number of piperazine rings is 1. The maximum Gasteiger partial charge on any atom is 0.226 e. The van der Waals surface area contributed by atoms with Crippen molar-refractivity contribution in [1.29, 1.82) is 0 Å². The lowest BCUT2D eigenvalue weighted by Gasteiger charge is -2.44. The van der Waals surface area contributed by atoms with Gasteiger partial charge in [0.2, 0.25) is 5.91 Å². The topological polar surface area (TPSA) is 70.6 Å². The monoisotopic (exact) mass is 431 g/mol. The van der Waals surface area contributed by atoms with Gasteiger partial charge in [0.1, 0.15) is 15.7 Å². The molecule has 0 radical (unpaired) electrons. The van der Waals surface area contributed by atoms with Crippen molar-refractivity contribution in [3.63, 3.8) is 0 Å². The summed E-state index contributed by atoms with van der Waals surface area (Å²) in [7, 11) is -3.05. The van der Waals surface area contributed by atoms with Crippen molar-refractivity contribution in [3.05, 3.63) is 59.7 Å². The summed E-state index contributed by atoms with van der Waals surface area (Å²) in [6.45, 7) is 3.46. The second-order valence-corrected chi connectivity index (χ2v) is 10.4. The van der Waals surface area contributed by atoms with Crippen LogP contribution in [0.15, 0.2) is 42.6 Å². The summed E-state index contributed by atoms with van der Waals surface area (Å²) < 4.78 is 38.2. The second kappa shape index (κ2) is 8.34. The second-order valence-electron chi connectivity index (χ2n) is 8.10. The summed E-state index contributed by atoms with van der Waals surface area (Å²) in [6, 6.07) is 10.0. The molecule has 8 heteroatoms.